The zero-order chi connectivity index (χ0) is 13.3. The van der Waals surface area contributed by atoms with Gasteiger partial charge in [0, 0.05) is 17.6 Å². The van der Waals surface area contributed by atoms with E-state index in [4.69, 9.17) is 0 Å². The molecule has 0 spiro atoms. The van der Waals surface area contributed by atoms with Crippen molar-refractivity contribution in [2.45, 2.75) is 26.1 Å². The standard InChI is InChI=1S/C11H11F3N4/c1-6(2)16-9-4-7-3-8(11(12,13)14)5-15-10(7)18-17-9/h3-6H,1-2H3,(H,16,17). The van der Waals surface area contributed by atoms with Gasteiger partial charge >= 0.3 is 6.18 Å². The van der Waals surface area contributed by atoms with Crippen molar-refractivity contribution in [2.24, 2.45) is 0 Å². The van der Waals surface area contributed by atoms with Crippen LogP contribution in [-0.4, -0.2) is 21.2 Å². The Morgan fingerprint density at radius 3 is 2.50 bits per heavy atom. The predicted octanol–water partition coefficient (Wildman–Crippen LogP) is 2.86. The third-order valence-corrected chi connectivity index (χ3v) is 2.20. The van der Waals surface area contributed by atoms with Gasteiger partial charge in [0.25, 0.3) is 0 Å². The number of fused-ring (bicyclic) bond motifs is 1. The molecule has 0 saturated heterocycles. The monoisotopic (exact) mass is 256 g/mol. The number of anilines is 1. The van der Waals surface area contributed by atoms with Gasteiger partial charge in [-0.3, -0.25) is 0 Å². The van der Waals surface area contributed by atoms with Crippen molar-refractivity contribution in [2.75, 3.05) is 5.32 Å². The van der Waals surface area contributed by atoms with Crippen LogP contribution in [0.15, 0.2) is 18.3 Å². The van der Waals surface area contributed by atoms with Crippen LogP contribution < -0.4 is 5.32 Å². The quantitative estimate of drug-likeness (QED) is 0.897. The molecule has 0 atom stereocenters. The van der Waals surface area contributed by atoms with Crippen molar-refractivity contribution in [3.05, 3.63) is 23.9 Å². The highest BCUT2D eigenvalue weighted by molar-refractivity contribution is 5.77. The van der Waals surface area contributed by atoms with Crippen molar-refractivity contribution in [3.8, 4) is 0 Å². The summed E-state index contributed by atoms with van der Waals surface area (Å²) in [4.78, 5) is 3.65. The van der Waals surface area contributed by atoms with E-state index in [2.05, 4.69) is 20.5 Å². The summed E-state index contributed by atoms with van der Waals surface area (Å²) in [6.45, 7) is 3.80. The van der Waals surface area contributed by atoms with E-state index in [0.29, 0.717) is 11.2 Å². The van der Waals surface area contributed by atoms with Crippen LogP contribution in [-0.2, 0) is 6.18 Å². The Labute approximate surface area is 101 Å². The second kappa shape index (κ2) is 4.40. The minimum Gasteiger partial charge on any atom is -0.366 e. The molecule has 0 aliphatic carbocycles. The summed E-state index contributed by atoms with van der Waals surface area (Å²) in [5.74, 6) is 0.429. The zero-order valence-electron chi connectivity index (χ0n) is 9.78. The molecule has 2 aromatic heterocycles. The number of halogens is 3. The maximum Gasteiger partial charge on any atom is 0.417 e. The molecule has 2 rings (SSSR count). The van der Waals surface area contributed by atoms with Gasteiger partial charge in [-0.15, -0.1) is 10.2 Å². The van der Waals surface area contributed by atoms with Crippen LogP contribution in [0.5, 0.6) is 0 Å². The summed E-state index contributed by atoms with van der Waals surface area (Å²) in [6.07, 6.45) is -3.65. The Morgan fingerprint density at radius 1 is 1.17 bits per heavy atom. The average Bonchev–Trinajstić information content (AvgIpc) is 2.26. The number of rotatable bonds is 2. The first-order chi connectivity index (χ1) is 8.36. The normalized spacial score (nSPS) is 12.1. The van der Waals surface area contributed by atoms with E-state index in [1.165, 1.54) is 6.07 Å². The average molecular weight is 256 g/mol. The largest absolute Gasteiger partial charge is 0.417 e. The minimum absolute atomic E-state index is 0.121. The fraction of sp³-hybridized carbons (Fsp3) is 0.364. The molecule has 0 aliphatic heterocycles. The van der Waals surface area contributed by atoms with Gasteiger partial charge < -0.3 is 5.32 Å². The van der Waals surface area contributed by atoms with Gasteiger partial charge in [0.15, 0.2) is 5.65 Å². The van der Waals surface area contributed by atoms with Gasteiger partial charge in [0.05, 0.1) is 5.56 Å². The maximum absolute atomic E-state index is 12.5. The second-order valence-electron chi connectivity index (χ2n) is 4.16. The van der Waals surface area contributed by atoms with Crippen LogP contribution in [0.1, 0.15) is 19.4 Å². The summed E-state index contributed by atoms with van der Waals surface area (Å²) in [5, 5.41) is 10.9. The number of alkyl halides is 3. The molecule has 1 N–H and O–H groups in total. The molecule has 0 amide bonds. The zero-order valence-corrected chi connectivity index (χ0v) is 9.78. The van der Waals surface area contributed by atoms with E-state index < -0.39 is 11.7 Å². The van der Waals surface area contributed by atoms with Gasteiger partial charge in [0.1, 0.15) is 5.82 Å². The molecule has 2 heterocycles. The Bertz CT molecular complexity index is 566. The molecular weight excluding hydrogens is 245 g/mol. The number of hydrogen-bond acceptors (Lipinski definition) is 4. The first-order valence-corrected chi connectivity index (χ1v) is 5.33. The summed E-state index contributed by atoms with van der Waals surface area (Å²) in [6, 6.07) is 2.64. The first kappa shape index (κ1) is 12.5. The molecule has 0 bridgehead atoms. The van der Waals surface area contributed by atoms with Gasteiger partial charge in [-0.2, -0.15) is 13.2 Å². The maximum atomic E-state index is 12.5. The molecule has 0 aromatic carbocycles. The molecule has 18 heavy (non-hydrogen) atoms. The third-order valence-electron chi connectivity index (χ3n) is 2.20. The Hall–Kier alpha value is -1.92. The van der Waals surface area contributed by atoms with Crippen molar-refractivity contribution in [3.63, 3.8) is 0 Å². The van der Waals surface area contributed by atoms with E-state index in [1.54, 1.807) is 0 Å². The summed E-state index contributed by atoms with van der Waals surface area (Å²) >= 11 is 0. The lowest BCUT2D eigenvalue weighted by molar-refractivity contribution is -0.137. The molecule has 2 aromatic rings. The van der Waals surface area contributed by atoms with Crippen LogP contribution in [0, 0.1) is 0 Å². The fourth-order valence-corrected chi connectivity index (χ4v) is 1.46. The van der Waals surface area contributed by atoms with Crippen LogP contribution >= 0.6 is 0 Å². The second-order valence-corrected chi connectivity index (χ2v) is 4.16. The van der Waals surface area contributed by atoms with Crippen molar-refractivity contribution >= 4 is 16.9 Å². The molecule has 0 unspecified atom stereocenters. The fourth-order valence-electron chi connectivity index (χ4n) is 1.46. The first-order valence-electron chi connectivity index (χ1n) is 5.33. The summed E-state index contributed by atoms with van der Waals surface area (Å²) in [7, 11) is 0. The minimum atomic E-state index is -4.41. The van der Waals surface area contributed by atoms with E-state index in [9.17, 15) is 13.2 Å². The van der Waals surface area contributed by atoms with Crippen molar-refractivity contribution in [1.82, 2.24) is 15.2 Å². The smallest absolute Gasteiger partial charge is 0.366 e. The van der Waals surface area contributed by atoms with E-state index in [-0.39, 0.29) is 11.7 Å². The topological polar surface area (TPSA) is 50.7 Å². The highest BCUT2D eigenvalue weighted by Crippen LogP contribution is 2.30. The van der Waals surface area contributed by atoms with Crippen LogP contribution in [0.3, 0.4) is 0 Å². The molecule has 0 fully saturated rings. The number of hydrogen-bond donors (Lipinski definition) is 1. The summed E-state index contributed by atoms with van der Waals surface area (Å²) in [5.41, 5.74) is -0.601. The summed E-state index contributed by atoms with van der Waals surface area (Å²) < 4.78 is 37.6. The lowest BCUT2D eigenvalue weighted by Gasteiger charge is -2.09. The number of pyridine rings is 1. The van der Waals surface area contributed by atoms with E-state index >= 15 is 0 Å². The Kier molecular flexibility index (Phi) is 3.06. The Balaban J connectivity index is 2.46. The van der Waals surface area contributed by atoms with Crippen molar-refractivity contribution < 1.29 is 13.2 Å². The highest BCUT2D eigenvalue weighted by Gasteiger charge is 2.31. The molecule has 4 nitrogen and oxygen atoms in total. The number of aromatic nitrogens is 3. The predicted molar refractivity (Wildman–Crippen MR) is 61.1 cm³/mol. The molecule has 0 radical (unpaired) electrons. The SMILES string of the molecule is CC(C)Nc1cc2cc(C(F)(F)F)cnc2nn1. The van der Waals surface area contributed by atoms with Crippen LogP contribution in [0.2, 0.25) is 0 Å². The third kappa shape index (κ3) is 2.66. The molecule has 0 aliphatic rings. The van der Waals surface area contributed by atoms with Crippen LogP contribution in [0.4, 0.5) is 19.0 Å². The Morgan fingerprint density at radius 2 is 1.89 bits per heavy atom. The number of nitrogens with one attached hydrogen (secondary N) is 1. The van der Waals surface area contributed by atoms with Gasteiger partial charge in [0.2, 0.25) is 0 Å². The van der Waals surface area contributed by atoms with Gasteiger partial charge in [-0.1, -0.05) is 0 Å². The molecule has 0 saturated carbocycles. The van der Waals surface area contributed by atoms with Crippen molar-refractivity contribution in [1.29, 1.82) is 0 Å². The van der Waals surface area contributed by atoms with Gasteiger partial charge in [-0.05, 0) is 26.0 Å². The number of nitrogens with zero attached hydrogens (tertiary/aromatic N) is 3. The molecule has 96 valence electrons. The van der Waals surface area contributed by atoms with E-state index in [1.807, 2.05) is 13.8 Å². The highest BCUT2D eigenvalue weighted by atomic mass is 19.4. The molecular formula is C11H11F3N4. The van der Waals surface area contributed by atoms with Crippen LogP contribution in [0.25, 0.3) is 11.0 Å². The van der Waals surface area contributed by atoms with E-state index in [0.717, 1.165) is 12.3 Å². The lowest BCUT2D eigenvalue weighted by Crippen LogP contribution is -2.12. The van der Waals surface area contributed by atoms with Gasteiger partial charge in [-0.25, -0.2) is 4.98 Å². The molecule has 7 heteroatoms. The lowest BCUT2D eigenvalue weighted by atomic mass is 10.2.